The summed E-state index contributed by atoms with van der Waals surface area (Å²) in [5.74, 6) is -0.353. The van der Waals surface area contributed by atoms with E-state index < -0.39 is 13.9 Å². The Morgan fingerprint density at radius 2 is 0.817 bits per heavy atom. The summed E-state index contributed by atoms with van der Waals surface area (Å²) in [7, 11) is 1.33. The molecule has 8 nitrogen and oxygen atoms in total. The topological polar surface area (TPSA) is 94.1 Å². The van der Waals surface area contributed by atoms with Gasteiger partial charge in [0.1, 0.15) is 19.3 Å². The van der Waals surface area contributed by atoms with Crippen molar-refractivity contribution in [1.29, 1.82) is 0 Å². The summed E-state index contributed by atoms with van der Waals surface area (Å²) >= 11 is 0. The molecule has 0 aromatic heterocycles. The lowest BCUT2D eigenvalue weighted by atomic mass is 10.1. The van der Waals surface area contributed by atoms with E-state index in [1.165, 1.54) is 103 Å². The zero-order chi connectivity index (χ0) is 51.9. The van der Waals surface area contributed by atoms with Crippen molar-refractivity contribution in [3.63, 3.8) is 0 Å². The minimum Gasteiger partial charge on any atom is -0.756 e. The molecule has 0 aromatic carbocycles. The molecule has 2 unspecified atom stereocenters. The van der Waals surface area contributed by atoms with Crippen LogP contribution in [0.2, 0.25) is 0 Å². The van der Waals surface area contributed by atoms with Crippen molar-refractivity contribution in [2.45, 2.75) is 225 Å². The summed E-state index contributed by atoms with van der Waals surface area (Å²) in [6, 6.07) is 0. The molecule has 0 saturated carbocycles. The first kappa shape index (κ1) is 68.2. The van der Waals surface area contributed by atoms with E-state index in [4.69, 9.17) is 18.5 Å². The number of allylic oxidation sites excluding steroid dienone is 18. The van der Waals surface area contributed by atoms with E-state index in [9.17, 15) is 14.3 Å². The predicted octanol–water partition coefficient (Wildman–Crippen LogP) is 17.7. The Kier molecular flexibility index (Phi) is 51.3. The molecule has 0 rings (SSSR count). The van der Waals surface area contributed by atoms with E-state index in [0.29, 0.717) is 17.6 Å². The molecule has 0 spiro atoms. The molecule has 0 bridgehead atoms. The Morgan fingerprint density at radius 3 is 1.23 bits per heavy atom. The number of unbranched alkanes of at least 4 members (excludes halogenated alkanes) is 20. The van der Waals surface area contributed by atoms with Crippen LogP contribution < -0.4 is 4.89 Å². The van der Waals surface area contributed by atoms with E-state index in [-0.39, 0.29) is 32.2 Å². The van der Waals surface area contributed by atoms with Gasteiger partial charge in [0.05, 0.1) is 34.4 Å². The van der Waals surface area contributed by atoms with Gasteiger partial charge in [0.2, 0.25) is 0 Å². The lowest BCUT2D eigenvalue weighted by Gasteiger charge is -2.28. The van der Waals surface area contributed by atoms with Crippen LogP contribution in [0, 0.1) is 0 Å². The number of nitrogens with zero attached hydrogens (tertiary/aromatic N) is 1. The van der Waals surface area contributed by atoms with Crippen LogP contribution in [0.15, 0.2) is 109 Å². The molecule has 0 aliphatic heterocycles. The van der Waals surface area contributed by atoms with Crippen LogP contribution in [-0.2, 0) is 27.9 Å². The highest BCUT2D eigenvalue weighted by Crippen LogP contribution is 2.38. The molecule has 0 aliphatic carbocycles. The Bertz CT molecular complexity index is 1500. The van der Waals surface area contributed by atoms with E-state index in [2.05, 4.69) is 123 Å². The molecule has 0 aromatic rings. The molecule has 0 radical (unpaired) electrons. The molecule has 0 saturated heterocycles. The number of carbonyl (C=O) groups excluding carboxylic acids is 1. The molecular weight excluding hydrogens is 902 g/mol. The van der Waals surface area contributed by atoms with Gasteiger partial charge in [-0.05, 0) is 103 Å². The first-order valence-corrected chi connectivity index (χ1v) is 30.1. The van der Waals surface area contributed by atoms with Gasteiger partial charge in [0.15, 0.2) is 0 Å². The summed E-state index contributed by atoms with van der Waals surface area (Å²) in [6.07, 6.45) is 75.5. The standard InChI is InChI=1S/C62H108NO7P/c1-6-8-10-12-14-16-18-20-22-24-26-28-30-32-33-35-37-39-41-43-45-47-49-51-53-55-62(64)70-61(60-69-71(65,66)68-58-56-63(3,4)5)59-67-57-54-52-50-48-46-44-42-40-38-36-34-31-29-27-25-23-21-19-17-15-13-11-9-7-2/h8,10,14,16,19-22,25-28,31-34,37,39,61H,6-7,9,11-13,15,17-18,23-24,29-30,35-36,38,40-60H2,1-5H3/b10-8-,16-14-,21-19-,22-20-,27-25-,28-26-,33-32-,34-31-,39-37-. The fourth-order valence-electron chi connectivity index (χ4n) is 7.44. The Labute approximate surface area is 438 Å². The maximum absolute atomic E-state index is 12.8. The van der Waals surface area contributed by atoms with Gasteiger partial charge in [-0.3, -0.25) is 9.36 Å². The van der Waals surface area contributed by atoms with Crippen molar-refractivity contribution in [2.75, 3.05) is 54.1 Å². The molecule has 0 N–H and O–H groups in total. The van der Waals surface area contributed by atoms with Gasteiger partial charge >= 0.3 is 5.97 Å². The predicted molar refractivity (Wildman–Crippen MR) is 304 cm³/mol. The van der Waals surface area contributed by atoms with Crippen LogP contribution in [0.4, 0.5) is 0 Å². The van der Waals surface area contributed by atoms with Crippen molar-refractivity contribution < 1.29 is 37.3 Å². The first-order valence-electron chi connectivity index (χ1n) is 28.6. The van der Waals surface area contributed by atoms with Gasteiger partial charge in [0.25, 0.3) is 7.82 Å². The lowest BCUT2D eigenvalue weighted by Crippen LogP contribution is -2.37. The molecule has 408 valence electrons. The first-order chi connectivity index (χ1) is 34.6. The highest BCUT2D eigenvalue weighted by molar-refractivity contribution is 7.45. The number of likely N-dealkylation sites (N-methyl/N-ethyl adjacent to an activating group) is 1. The van der Waals surface area contributed by atoms with Crippen LogP contribution in [0.1, 0.15) is 219 Å². The average Bonchev–Trinajstić information content (AvgIpc) is 3.33. The van der Waals surface area contributed by atoms with Crippen molar-refractivity contribution in [3.05, 3.63) is 109 Å². The summed E-state index contributed by atoms with van der Waals surface area (Å²) in [5.41, 5.74) is 0. The second kappa shape index (κ2) is 53.5. The number of hydrogen-bond donors (Lipinski definition) is 0. The second-order valence-electron chi connectivity index (χ2n) is 19.9. The highest BCUT2D eigenvalue weighted by Gasteiger charge is 2.20. The third kappa shape index (κ3) is 57.9. The largest absolute Gasteiger partial charge is 0.756 e. The lowest BCUT2D eigenvalue weighted by molar-refractivity contribution is -0.870. The van der Waals surface area contributed by atoms with Gasteiger partial charge in [-0.2, -0.15) is 0 Å². The smallest absolute Gasteiger partial charge is 0.306 e. The summed E-state index contributed by atoms with van der Waals surface area (Å²) in [5, 5.41) is 0. The maximum Gasteiger partial charge on any atom is 0.306 e. The van der Waals surface area contributed by atoms with E-state index in [1.807, 2.05) is 21.1 Å². The zero-order valence-electron chi connectivity index (χ0n) is 46.4. The van der Waals surface area contributed by atoms with E-state index in [0.717, 1.165) is 96.3 Å². The van der Waals surface area contributed by atoms with Crippen molar-refractivity contribution >= 4 is 13.8 Å². The molecule has 71 heavy (non-hydrogen) atoms. The van der Waals surface area contributed by atoms with Crippen molar-refractivity contribution in [3.8, 4) is 0 Å². The van der Waals surface area contributed by atoms with E-state index in [1.54, 1.807) is 0 Å². The number of ether oxygens (including phenoxy) is 2. The molecule has 0 aliphatic rings. The molecule has 2 atom stereocenters. The van der Waals surface area contributed by atoms with Crippen LogP contribution in [0.5, 0.6) is 0 Å². The molecule has 0 fully saturated rings. The molecular formula is C62H108NO7P. The number of carbonyl (C=O) groups is 1. The summed E-state index contributed by atoms with van der Waals surface area (Å²) in [4.78, 5) is 25.3. The number of phosphoric ester groups is 1. The fraction of sp³-hybridized carbons (Fsp3) is 0.694. The zero-order valence-corrected chi connectivity index (χ0v) is 47.3. The highest BCUT2D eigenvalue weighted by atomic mass is 31.2. The quantitative estimate of drug-likeness (QED) is 0.0197. The maximum atomic E-state index is 12.8. The number of hydrogen-bond acceptors (Lipinski definition) is 7. The third-order valence-electron chi connectivity index (χ3n) is 11.8. The number of esters is 1. The van der Waals surface area contributed by atoms with Gasteiger partial charge in [-0.1, -0.05) is 220 Å². The van der Waals surface area contributed by atoms with E-state index >= 15 is 0 Å². The monoisotopic (exact) mass is 1010 g/mol. The SMILES string of the molecule is CC/C=C\C/C=C\C/C=C\C/C=C\C/C=C\C/C=C\CCCCCCCCC(=O)OC(COCCCCCCCCCCC/C=C\C/C=C\C/C=C\CCCCCCC)COP(=O)([O-])OCC[N+](C)(C)C. The van der Waals surface area contributed by atoms with Gasteiger partial charge in [0, 0.05) is 13.0 Å². The minimum absolute atomic E-state index is 0.0155. The second-order valence-corrected chi connectivity index (χ2v) is 21.3. The van der Waals surface area contributed by atoms with Gasteiger partial charge < -0.3 is 27.9 Å². The molecule has 9 heteroatoms. The van der Waals surface area contributed by atoms with Crippen LogP contribution in [0.25, 0.3) is 0 Å². The number of rotatable bonds is 52. The van der Waals surface area contributed by atoms with Crippen LogP contribution in [0.3, 0.4) is 0 Å². The molecule has 0 amide bonds. The fourth-order valence-corrected chi connectivity index (χ4v) is 8.17. The van der Waals surface area contributed by atoms with Crippen molar-refractivity contribution in [2.24, 2.45) is 0 Å². The number of quaternary nitrogens is 1. The Balaban J connectivity index is 4.18. The van der Waals surface area contributed by atoms with Crippen LogP contribution >= 0.6 is 7.82 Å². The Hall–Kier alpha value is -2.84. The minimum atomic E-state index is -4.55. The van der Waals surface area contributed by atoms with Crippen molar-refractivity contribution in [1.82, 2.24) is 0 Å². The average molecular weight is 1010 g/mol. The van der Waals surface area contributed by atoms with Gasteiger partial charge in [-0.15, -0.1) is 0 Å². The molecule has 0 heterocycles. The summed E-state index contributed by atoms with van der Waals surface area (Å²) in [6.45, 7) is 5.25. The normalized spacial score (nSPS) is 14.3. The van der Waals surface area contributed by atoms with Gasteiger partial charge in [-0.25, -0.2) is 0 Å². The van der Waals surface area contributed by atoms with Crippen LogP contribution in [-0.4, -0.2) is 70.7 Å². The third-order valence-corrected chi connectivity index (χ3v) is 12.8. The Morgan fingerprint density at radius 1 is 0.451 bits per heavy atom. The number of phosphoric acid groups is 1. The summed E-state index contributed by atoms with van der Waals surface area (Å²) < 4.78 is 34.8.